The van der Waals surface area contributed by atoms with Crippen molar-refractivity contribution in [2.75, 3.05) is 18.0 Å². The van der Waals surface area contributed by atoms with Crippen molar-refractivity contribution >= 4 is 11.8 Å². The molecule has 1 aromatic heterocycles. The van der Waals surface area contributed by atoms with Crippen LogP contribution in [0, 0.1) is 0 Å². The molecule has 0 bridgehead atoms. The third kappa shape index (κ3) is 2.43. The Kier molecular flexibility index (Phi) is 3.37. The van der Waals surface area contributed by atoms with Crippen LogP contribution in [-0.4, -0.2) is 34.1 Å². The summed E-state index contributed by atoms with van der Waals surface area (Å²) in [6.07, 6.45) is 6.15. The van der Waals surface area contributed by atoms with E-state index in [2.05, 4.69) is 16.5 Å². The standard InChI is InChI=1S/C12H15N3O2/c1-2-6-15(7-11(16)17)12-9-4-3-5-10(9)13-8-14-12/h2,8H,1,3-7H2,(H,16,17). The lowest BCUT2D eigenvalue weighted by molar-refractivity contribution is -0.135. The van der Waals surface area contributed by atoms with Crippen molar-refractivity contribution in [3.8, 4) is 0 Å². The number of carbonyl (C=O) groups is 1. The van der Waals surface area contributed by atoms with Crippen LogP contribution in [0.4, 0.5) is 5.82 Å². The molecule has 1 aromatic rings. The van der Waals surface area contributed by atoms with Gasteiger partial charge in [-0.1, -0.05) is 6.08 Å². The topological polar surface area (TPSA) is 66.3 Å². The Morgan fingerprint density at radius 2 is 2.35 bits per heavy atom. The lowest BCUT2D eigenvalue weighted by Crippen LogP contribution is -2.31. The molecule has 0 amide bonds. The Hall–Kier alpha value is -1.91. The molecule has 2 rings (SSSR count). The lowest BCUT2D eigenvalue weighted by Gasteiger charge is -2.22. The van der Waals surface area contributed by atoms with E-state index in [1.54, 1.807) is 11.0 Å². The maximum Gasteiger partial charge on any atom is 0.323 e. The molecule has 0 fully saturated rings. The van der Waals surface area contributed by atoms with Gasteiger partial charge in [-0.05, 0) is 19.3 Å². The monoisotopic (exact) mass is 233 g/mol. The van der Waals surface area contributed by atoms with Crippen molar-refractivity contribution in [3.63, 3.8) is 0 Å². The molecule has 90 valence electrons. The van der Waals surface area contributed by atoms with Crippen LogP contribution in [0.15, 0.2) is 19.0 Å². The van der Waals surface area contributed by atoms with E-state index < -0.39 is 5.97 Å². The van der Waals surface area contributed by atoms with E-state index in [1.807, 2.05) is 0 Å². The molecule has 1 heterocycles. The fourth-order valence-electron chi connectivity index (χ4n) is 2.16. The SMILES string of the molecule is C=CCN(CC(=O)O)c1ncnc2c1CCC2. The van der Waals surface area contributed by atoms with Gasteiger partial charge >= 0.3 is 5.97 Å². The van der Waals surface area contributed by atoms with E-state index in [4.69, 9.17) is 5.11 Å². The minimum atomic E-state index is -0.864. The minimum absolute atomic E-state index is 0.0600. The van der Waals surface area contributed by atoms with Crippen LogP contribution in [0.5, 0.6) is 0 Å². The summed E-state index contributed by atoms with van der Waals surface area (Å²) in [5.74, 6) is -0.119. The largest absolute Gasteiger partial charge is 0.480 e. The number of aryl methyl sites for hydroxylation is 1. The van der Waals surface area contributed by atoms with E-state index in [0.717, 1.165) is 36.3 Å². The maximum absolute atomic E-state index is 10.8. The van der Waals surface area contributed by atoms with E-state index >= 15 is 0 Å². The smallest absolute Gasteiger partial charge is 0.323 e. The summed E-state index contributed by atoms with van der Waals surface area (Å²) in [5, 5.41) is 8.90. The van der Waals surface area contributed by atoms with Crippen LogP contribution < -0.4 is 4.90 Å². The van der Waals surface area contributed by atoms with Gasteiger partial charge in [0.15, 0.2) is 0 Å². The Bertz CT molecular complexity index is 445. The summed E-state index contributed by atoms with van der Waals surface area (Å²) in [4.78, 5) is 21.0. The molecule has 0 aromatic carbocycles. The van der Waals surface area contributed by atoms with E-state index in [9.17, 15) is 4.79 Å². The second-order valence-corrected chi connectivity index (χ2v) is 4.04. The summed E-state index contributed by atoms with van der Waals surface area (Å²) in [6.45, 7) is 4.07. The predicted molar refractivity (Wildman–Crippen MR) is 64.1 cm³/mol. The molecular weight excluding hydrogens is 218 g/mol. The molecule has 17 heavy (non-hydrogen) atoms. The molecule has 0 unspecified atom stereocenters. The van der Waals surface area contributed by atoms with Gasteiger partial charge in [-0.3, -0.25) is 4.79 Å². The predicted octanol–water partition coefficient (Wildman–Crippen LogP) is 1.04. The van der Waals surface area contributed by atoms with Gasteiger partial charge in [0.05, 0.1) is 0 Å². The molecular formula is C12H15N3O2. The van der Waals surface area contributed by atoms with E-state index in [-0.39, 0.29) is 6.54 Å². The van der Waals surface area contributed by atoms with E-state index in [0.29, 0.717) is 6.54 Å². The van der Waals surface area contributed by atoms with Crippen molar-refractivity contribution in [3.05, 3.63) is 30.2 Å². The zero-order valence-electron chi connectivity index (χ0n) is 9.59. The number of anilines is 1. The van der Waals surface area contributed by atoms with Crippen molar-refractivity contribution in [1.29, 1.82) is 0 Å². The molecule has 0 radical (unpaired) electrons. The molecule has 0 spiro atoms. The first-order valence-corrected chi connectivity index (χ1v) is 5.62. The summed E-state index contributed by atoms with van der Waals surface area (Å²) >= 11 is 0. The van der Waals surface area contributed by atoms with Gasteiger partial charge in [0.1, 0.15) is 18.7 Å². The van der Waals surface area contributed by atoms with Gasteiger partial charge in [-0.2, -0.15) is 0 Å². The Balaban J connectivity index is 2.32. The number of hydrogen-bond acceptors (Lipinski definition) is 4. The zero-order chi connectivity index (χ0) is 12.3. The zero-order valence-corrected chi connectivity index (χ0v) is 9.59. The molecule has 1 N–H and O–H groups in total. The molecule has 5 heteroatoms. The van der Waals surface area contributed by atoms with Crippen LogP contribution >= 0.6 is 0 Å². The highest BCUT2D eigenvalue weighted by Crippen LogP contribution is 2.27. The van der Waals surface area contributed by atoms with Crippen molar-refractivity contribution in [2.24, 2.45) is 0 Å². The fourth-order valence-corrected chi connectivity index (χ4v) is 2.16. The van der Waals surface area contributed by atoms with Crippen LogP contribution in [0.2, 0.25) is 0 Å². The first kappa shape index (κ1) is 11.6. The van der Waals surface area contributed by atoms with Crippen molar-refractivity contribution < 1.29 is 9.90 Å². The summed E-state index contributed by atoms with van der Waals surface area (Å²) in [6, 6.07) is 0. The van der Waals surface area contributed by atoms with Gasteiger partial charge in [0, 0.05) is 17.8 Å². The first-order valence-electron chi connectivity index (χ1n) is 5.62. The number of aromatic nitrogens is 2. The second kappa shape index (κ2) is 4.95. The third-order valence-electron chi connectivity index (χ3n) is 2.83. The van der Waals surface area contributed by atoms with Crippen LogP contribution in [0.25, 0.3) is 0 Å². The van der Waals surface area contributed by atoms with Gasteiger partial charge in [-0.25, -0.2) is 9.97 Å². The van der Waals surface area contributed by atoms with Gasteiger partial charge in [0.25, 0.3) is 0 Å². The Labute approximate surface area is 99.8 Å². The van der Waals surface area contributed by atoms with Crippen LogP contribution in [-0.2, 0) is 17.6 Å². The van der Waals surface area contributed by atoms with E-state index in [1.165, 1.54) is 6.33 Å². The second-order valence-electron chi connectivity index (χ2n) is 4.04. The average molecular weight is 233 g/mol. The fraction of sp³-hybridized carbons (Fsp3) is 0.417. The lowest BCUT2D eigenvalue weighted by atomic mass is 10.2. The molecule has 0 aliphatic heterocycles. The molecule has 5 nitrogen and oxygen atoms in total. The van der Waals surface area contributed by atoms with Crippen molar-refractivity contribution in [2.45, 2.75) is 19.3 Å². The molecule has 1 aliphatic rings. The highest BCUT2D eigenvalue weighted by molar-refractivity contribution is 5.74. The number of aliphatic carboxylic acids is 1. The highest BCUT2D eigenvalue weighted by atomic mass is 16.4. The van der Waals surface area contributed by atoms with Crippen molar-refractivity contribution in [1.82, 2.24) is 9.97 Å². The molecule has 0 saturated heterocycles. The Morgan fingerprint density at radius 3 is 3.06 bits per heavy atom. The minimum Gasteiger partial charge on any atom is -0.480 e. The third-order valence-corrected chi connectivity index (χ3v) is 2.83. The maximum atomic E-state index is 10.8. The molecule has 1 aliphatic carbocycles. The summed E-state index contributed by atoms with van der Waals surface area (Å²) in [7, 11) is 0. The Morgan fingerprint density at radius 1 is 1.53 bits per heavy atom. The number of nitrogens with zero attached hydrogens (tertiary/aromatic N) is 3. The average Bonchev–Trinajstić information content (AvgIpc) is 2.75. The quantitative estimate of drug-likeness (QED) is 0.770. The number of carboxylic acid groups (broad SMARTS) is 1. The van der Waals surface area contributed by atoms with Crippen LogP contribution in [0.3, 0.4) is 0 Å². The van der Waals surface area contributed by atoms with Gasteiger partial charge in [0.2, 0.25) is 0 Å². The first-order chi connectivity index (χ1) is 8.22. The number of rotatable bonds is 5. The van der Waals surface area contributed by atoms with Gasteiger partial charge < -0.3 is 10.0 Å². The summed E-state index contributed by atoms with van der Waals surface area (Å²) in [5.41, 5.74) is 2.14. The van der Waals surface area contributed by atoms with Gasteiger partial charge in [-0.15, -0.1) is 6.58 Å². The number of fused-ring (bicyclic) bond motifs is 1. The van der Waals surface area contributed by atoms with Crippen LogP contribution in [0.1, 0.15) is 17.7 Å². The number of hydrogen-bond donors (Lipinski definition) is 1. The normalized spacial score (nSPS) is 13.2. The molecule has 0 atom stereocenters. The number of carboxylic acids is 1. The molecule has 0 saturated carbocycles. The summed E-state index contributed by atoms with van der Waals surface area (Å²) < 4.78 is 0. The highest BCUT2D eigenvalue weighted by Gasteiger charge is 2.21.